The molecular formula is C4H11AsO2. The monoisotopic (exact) mass is 166 g/mol. The average Bonchev–Trinajstić information content (AvgIpc) is 1.30. The van der Waals surface area contributed by atoms with Crippen LogP contribution in [0.3, 0.4) is 0 Å². The van der Waals surface area contributed by atoms with E-state index in [4.69, 9.17) is 8.83 Å². The summed E-state index contributed by atoms with van der Waals surface area (Å²) in [6, 6.07) is 0. The van der Waals surface area contributed by atoms with E-state index in [0.29, 0.717) is 6.61 Å². The van der Waals surface area contributed by atoms with Crippen LogP contribution in [0.25, 0.3) is 0 Å². The number of hydrogen-bond donors (Lipinski definition) is 1. The predicted octanol–water partition coefficient (Wildman–Crippen LogP) is -0.678. The van der Waals surface area contributed by atoms with Crippen LogP contribution in [-0.4, -0.2) is 34.5 Å². The maximum absolute atomic E-state index is 8.90. The van der Waals surface area contributed by atoms with Gasteiger partial charge in [0.25, 0.3) is 0 Å². The number of hydrogen-bond acceptors (Lipinski definition) is 2. The molecule has 0 heterocycles. The van der Waals surface area contributed by atoms with Crippen molar-refractivity contribution in [2.45, 2.75) is 19.4 Å². The molecule has 0 aliphatic rings. The Morgan fingerprint density at radius 2 is 2.14 bits per heavy atom. The molecule has 0 saturated heterocycles. The predicted molar refractivity (Wildman–Crippen MR) is 30.8 cm³/mol. The van der Waals surface area contributed by atoms with Crippen molar-refractivity contribution in [3.63, 3.8) is 0 Å². The van der Waals surface area contributed by atoms with Crippen molar-refractivity contribution in [3.8, 4) is 0 Å². The van der Waals surface area contributed by atoms with Gasteiger partial charge >= 0.3 is 52.1 Å². The molecule has 7 heavy (non-hydrogen) atoms. The van der Waals surface area contributed by atoms with Gasteiger partial charge < -0.3 is 0 Å². The van der Waals surface area contributed by atoms with Gasteiger partial charge in [0.05, 0.1) is 0 Å². The summed E-state index contributed by atoms with van der Waals surface area (Å²) < 4.78 is 4.72. The van der Waals surface area contributed by atoms with Gasteiger partial charge in [-0.3, -0.25) is 0 Å². The summed E-state index contributed by atoms with van der Waals surface area (Å²) >= 11 is 1.18. The molecular weight excluding hydrogens is 155 g/mol. The first-order valence-corrected chi connectivity index (χ1v) is 3.09. The van der Waals surface area contributed by atoms with Gasteiger partial charge in [0.2, 0.25) is 0 Å². The Morgan fingerprint density at radius 3 is 2.14 bits per heavy atom. The van der Waals surface area contributed by atoms with Gasteiger partial charge in [0, 0.05) is 0 Å². The van der Waals surface area contributed by atoms with Crippen LogP contribution in [0, 0.1) is 0 Å². The SMILES string of the molecule is CC(C)(O)CO[AsH2]. The van der Waals surface area contributed by atoms with Gasteiger partial charge in [-0.2, -0.15) is 0 Å². The number of rotatable bonds is 2. The summed E-state index contributed by atoms with van der Waals surface area (Å²) in [5, 5.41) is 8.90. The molecule has 0 aliphatic heterocycles. The molecule has 1 N–H and O–H groups in total. The molecule has 0 aliphatic carbocycles. The van der Waals surface area contributed by atoms with Crippen molar-refractivity contribution in [1.82, 2.24) is 0 Å². The molecule has 0 rings (SSSR count). The zero-order valence-electron chi connectivity index (χ0n) is 4.64. The zero-order valence-corrected chi connectivity index (χ0v) is 7.06. The normalized spacial score (nSPS) is 12.0. The van der Waals surface area contributed by atoms with Crippen LogP contribution in [0.1, 0.15) is 13.8 Å². The van der Waals surface area contributed by atoms with Crippen LogP contribution in [0.4, 0.5) is 0 Å². The second-order valence-electron chi connectivity index (χ2n) is 2.12. The van der Waals surface area contributed by atoms with E-state index in [2.05, 4.69) is 0 Å². The zero-order chi connectivity index (χ0) is 5.91. The van der Waals surface area contributed by atoms with Crippen LogP contribution in [0.15, 0.2) is 0 Å². The Kier molecular flexibility index (Phi) is 2.89. The molecule has 0 amide bonds. The third kappa shape index (κ3) is 6.48. The van der Waals surface area contributed by atoms with Gasteiger partial charge in [0.1, 0.15) is 0 Å². The molecule has 0 bridgehead atoms. The van der Waals surface area contributed by atoms with Gasteiger partial charge in [-0.25, -0.2) is 0 Å². The van der Waals surface area contributed by atoms with Gasteiger partial charge in [-0.1, -0.05) is 0 Å². The van der Waals surface area contributed by atoms with Crippen LogP contribution >= 0.6 is 0 Å². The molecule has 2 nitrogen and oxygen atoms in total. The van der Waals surface area contributed by atoms with Crippen LogP contribution in [0.5, 0.6) is 0 Å². The van der Waals surface area contributed by atoms with Gasteiger partial charge in [-0.05, 0) is 0 Å². The Hall–Kier alpha value is 0.478. The molecule has 1 atom stereocenters. The minimum atomic E-state index is -0.656. The van der Waals surface area contributed by atoms with Crippen LogP contribution in [0.2, 0.25) is 0 Å². The summed E-state index contributed by atoms with van der Waals surface area (Å²) in [7, 11) is 0. The minimum absolute atomic E-state index is 0.424. The van der Waals surface area contributed by atoms with E-state index in [-0.39, 0.29) is 0 Å². The summed E-state index contributed by atoms with van der Waals surface area (Å²) in [5.74, 6) is 0. The van der Waals surface area contributed by atoms with Crippen molar-refractivity contribution in [3.05, 3.63) is 0 Å². The van der Waals surface area contributed by atoms with Crippen molar-refractivity contribution >= 4 is 17.2 Å². The van der Waals surface area contributed by atoms with E-state index in [0.717, 1.165) is 0 Å². The van der Waals surface area contributed by atoms with Crippen molar-refractivity contribution in [2.75, 3.05) is 6.61 Å². The standard InChI is InChI=1S/C4H11AsO2/c1-4(2,6)3-7-5/h6H,3,5H2,1-2H3. The molecule has 1 unspecified atom stereocenters. The van der Waals surface area contributed by atoms with E-state index in [9.17, 15) is 0 Å². The quantitative estimate of drug-likeness (QED) is 0.551. The molecule has 0 aromatic heterocycles. The average molecular weight is 166 g/mol. The Labute approximate surface area is 52.7 Å². The Bertz CT molecular complexity index is 48.1. The van der Waals surface area contributed by atoms with E-state index in [1.165, 1.54) is 17.2 Å². The van der Waals surface area contributed by atoms with Crippen LogP contribution in [-0.2, 0) is 3.73 Å². The first kappa shape index (κ1) is 7.48. The molecule has 0 saturated carbocycles. The number of aliphatic hydroxyl groups is 1. The van der Waals surface area contributed by atoms with E-state index in [1.54, 1.807) is 13.8 Å². The fourth-order valence-electron chi connectivity index (χ4n) is 0.204. The Morgan fingerprint density at radius 1 is 1.71 bits per heavy atom. The first-order chi connectivity index (χ1) is 3.06. The topological polar surface area (TPSA) is 29.5 Å². The van der Waals surface area contributed by atoms with Gasteiger partial charge in [0.15, 0.2) is 0 Å². The molecule has 0 aromatic carbocycles. The summed E-state index contributed by atoms with van der Waals surface area (Å²) in [4.78, 5) is 0. The van der Waals surface area contributed by atoms with E-state index < -0.39 is 5.60 Å². The Balaban J connectivity index is 3.15. The van der Waals surface area contributed by atoms with Crippen molar-refractivity contribution in [2.24, 2.45) is 0 Å². The molecule has 0 spiro atoms. The third-order valence-corrected chi connectivity index (χ3v) is 0.786. The second kappa shape index (κ2) is 2.70. The van der Waals surface area contributed by atoms with Crippen LogP contribution < -0.4 is 0 Å². The molecule has 0 aromatic rings. The van der Waals surface area contributed by atoms with E-state index in [1.807, 2.05) is 0 Å². The fourth-order valence-corrected chi connectivity index (χ4v) is 1.06. The molecule has 0 fully saturated rings. The molecule has 3 heteroatoms. The first-order valence-electron chi connectivity index (χ1n) is 2.10. The summed E-state index contributed by atoms with van der Waals surface area (Å²) in [6.45, 7) is 3.85. The molecule has 0 radical (unpaired) electrons. The second-order valence-corrected chi connectivity index (χ2v) is 2.82. The van der Waals surface area contributed by atoms with Crippen molar-refractivity contribution in [1.29, 1.82) is 0 Å². The summed E-state index contributed by atoms with van der Waals surface area (Å²) in [5.41, 5.74) is -0.656. The molecule has 44 valence electrons. The van der Waals surface area contributed by atoms with Crippen molar-refractivity contribution < 1.29 is 8.83 Å². The summed E-state index contributed by atoms with van der Waals surface area (Å²) in [6.07, 6.45) is 0. The van der Waals surface area contributed by atoms with Gasteiger partial charge in [-0.15, -0.1) is 0 Å². The fraction of sp³-hybridized carbons (Fsp3) is 1.00. The maximum atomic E-state index is 8.90. The third-order valence-electron chi connectivity index (χ3n) is 0.437. The van der Waals surface area contributed by atoms with E-state index >= 15 is 0 Å².